The third kappa shape index (κ3) is 3.43. The van der Waals surface area contributed by atoms with Crippen LogP contribution < -0.4 is 5.32 Å². The highest BCUT2D eigenvalue weighted by atomic mass is 79.9. The molecule has 18 heavy (non-hydrogen) atoms. The van der Waals surface area contributed by atoms with E-state index in [2.05, 4.69) is 37.2 Å². The van der Waals surface area contributed by atoms with Crippen LogP contribution in [0.2, 0.25) is 0 Å². The van der Waals surface area contributed by atoms with Gasteiger partial charge in [-0.25, -0.2) is 0 Å². The number of halogens is 2. The Morgan fingerprint density at radius 1 is 1.11 bits per heavy atom. The van der Waals surface area contributed by atoms with Crippen molar-refractivity contribution in [2.75, 3.05) is 5.32 Å². The molecule has 0 bridgehead atoms. The smallest absolute Gasteiger partial charge is 0.255 e. The second kappa shape index (κ2) is 6.16. The SMILES string of the molecule is O=C(Nc1cccc(Br)c1)c1ccc(CBr)cc1. The maximum absolute atomic E-state index is 12.0. The molecule has 4 heteroatoms. The van der Waals surface area contributed by atoms with Crippen molar-refractivity contribution in [3.05, 3.63) is 64.1 Å². The highest BCUT2D eigenvalue weighted by Gasteiger charge is 2.05. The number of benzene rings is 2. The molecular weight excluding hydrogens is 358 g/mol. The normalized spacial score (nSPS) is 10.1. The quantitative estimate of drug-likeness (QED) is 0.788. The molecule has 2 nitrogen and oxygen atoms in total. The molecule has 0 aliphatic heterocycles. The molecule has 0 atom stereocenters. The van der Waals surface area contributed by atoms with Gasteiger partial charge in [-0.3, -0.25) is 4.79 Å². The molecule has 0 aromatic heterocycles. The van der Waals surface area contributed by atoms with Crippen LogP contribution in [0, 0.1) is 0 Å². The van der Waals surface area contributed by atoms with Gasteiger partial charge in [0.15, 0.2) is 0 Å². The van der Waals surface area contributed by atoms with Gasteiger partial charge in [-0.05, 0) is 35.9 Å². The van der Waals surface area contributed by atoms with Crippen molar-refractivity contribution in [3.8, 4) is 0 Å². The first-order chi connectivity index (χ1) is 8.69. The van der Waals surface area contributed by atoms with Crippen LogP contribution in [0.5, 0.6) is 0 Å². The van der Waals surface area contributed by atoms with Gasteiger partial charge >= 0.3 is 0 Å². The van der Waals surface area contributed by atoms with Crippen LogP contribution in [0.15, 0.2) is 53.0 Å². The van der Waals surface area contributed by atoms with E-state index in [9.17, 15) is 4.79 Å². The van der Waals surface area contributed by atoms with Gasteiger partial charge in [-0.15, -0.1) is 0 Å². The Morgan fingerprint density at radius 3 is 2.44 bits per heavy atom. The Hall–Kier alpha value is -1.13. The molecule has 1 N–H and O–H groups in total. The zero-order chi connectivity index (χ0) is 13.0. The Balaban J connectivity index is 2.11. The summed E-state index contributed by atoms with van der Waals surface area (Å²) in [4.78, 5) is 12.0. The van der Waals surface area contributed by atoms with Crippen molar-refractivity contribution in [1.29, 1.82) is 0 Å². The van der Waals surface area contributed by atoms with Gasteiger partial charge in [0.1, 0.15) is 0 Å². The zero-order valence-electron chi connectivity index (χ0n) is 9.49. The van der Waals surface area contributed by atoms with E-state index < -0.39 is 0 Å². The molecule has 0 saturated heterocycles. The number of carbonyl (C=O) groups is 1. The Bertz CT molecular complexity index is 552. The number of carbonyl (C=O) groups excluding carboxylic acids is 1. The molecule has 2 aromatic carbocycles. The van der Waals surface area contributed by atoms with Crippen LogP contribution in [0.4, 0.5) is 5.69 Å². The fourth-order valence-electron chi connectivity index (χ4n) is 1.51. The maximum Gasteiger partial charge on any atom is 0.255 e. The Morgan fingerprint density at radius 2 is 1.83 bits per heavy atom. The summed E-state index contributed by atoms with van der Waals surface area (Å²) in [7, 11) is 0. The lowest BCUT2D eigenvalue weighted by Gasteiger charge is -2.06. The minimum Gasteiger partial charge on any atom is -0.322 e. The first-order valence-electron chi connectivity index (χ1n) is 5.41. The zero-order valence-corrected chi connectivity index (χ0v) is 12.7. The molecule has 0 radical (unpaired) electrons. The number of anilines is 1. The molecule has 92 valence electrons. The molecule has 2 aromatic rings. The van der Waals surface area contributed by atoms with Crippen LogP contribution in [0.25, 0.3) is 0 Å². The topological polar surface area (TPSA) is 29.1 Å². The van der Waals surface area contributed by atoms with E-state index in [0.29, 0.717) is 5.56 Å². The summed E-state index contributed by atoms with van der Waals surface area (Å²) < 4.78 is 0.940. The Kier molecular flexibility index (Phi) is 4.55. The summed E-state index contributed by atoms with van der Waals surface area (Å²) in [6.07, 6.45) is 0. The number of hydrogen-bond acceptors (Lipinski definition) is 1. The average Bonchev–Trinajstić information content (AvgIpc) is 2.39. The van der Waals surface area contributed by atoms with Crippen molar-refractivity contribution in [3.63, 3.8) is 0 Å². The van der Waals surface area contributed by atoms with Crippen molar-refractivity contribution >= 4 is 43.5 Å². The predicted molar refractivity (Wildman–Crippen MR) is 81.2 cm³/mol. The molecule has 0 spiro atoms. The summed E-state index contributed by atoms with van der Waals surface area (Å²) in [6.45, 7) is 0. The molecule has 2 rings (SSSR count). The monoisotopic (exact) mass is 367 g/mol. The fourth-order valence-corrected chi connectivity index (χ4v) is 2.29. The van der Waals surface area contributed by atoms with Gasteiger partial charge in [0.05, 0.1) is 0 Å². The van der Waals surface area contributed by atoms with Crippen molar-refractivity contribution in [2.24, 2.45) is 0 Å². The fraction of sp³-hybridized carbons (Fsp3) is 0.0714. The molecule has 1 amide bonds. The minimum atomic E-state index is -0.103. The summed E-state index contributed by atoms with van der Waals surface area (Å²) in [5.74, 6) is -0.103. The first kappa shape index (κ1) is 13.3. The summed E-state index contributed by atoms with van der Waals surface area (Å²) in [5.41, 5.74) is 2.58. The third-order valence-electron chi connectivity index (χ3n) is 2.45. The molecule has 0 aliphatic carbocycles. The van der Waals surface area contributed by atoms with Gasteiger partial charge in [-0.2, -0.15) is 0 Å². The standard InChI is InChI=1S/C14H11Br2NO/c15-9-10-4-6-11(7-5-10)14(18)17-13-3-1-2-12(16)8-13/h1-8H,9H2,(H,17,18). The van der Waals surface area contributed by atoms with Crippen LogP contribution in [0.1, 0.15) is 15.9 Å². The van der Waals surface area contributed by atoms with Gasteiger partial charge in [0.2, 0.25) is 0 Å². The van der Waals surface area contributed by atoms with E-state index in [0.717, 1.165) is 21.1 Å². The van der Waals surface area contributed by atoms with Crippen LogP contribution in [-0.4, -0.2) is 5.91 Å². The summed E-state index contributed by atoms with van der Waals surface area (Å²) in [5, 5.41) is 3.65. The molecular formula is C14H11Br2NO. The lowest BCUT2D eigenvalue weighted by Crippen LogP contribution is -2.11. The summed E-state index contributed by atoms with van der Waals surface area (Å²) in [6, 6.07) is 15.0. The van der Waals surface area contributed by atoms with Gasteiger partial charge in [0.25, 0.3) is 5.91 Å². The van der Waals surface area contributed by atoms with E-state index >= 15 is 0 Å². The minimum absolute atomic E-state index is 0.103. The van der Waals surface area contributed by atoms with E-state index in [1.807, 2.05) is 48.5 Å². The Labute approximate surface area is 123 Å². The number of hydrogen-bond donors (Lipinski definition) is 1. The highest BCUT2D eigenvalue weighted by Crippen LogP contribution is 2.17. The van der Waals surface area contributed by atoms with E-state index in [4.69, 9.17) is 0 Å². The lowest BCUT2D eigenvalue weighted by atomic mass is 10.1. The largest absolute Gasteiger partial charge is 0.322 e. The number of amides is 1. The van der Waals surface area contributed by atoms with E-state index in [1.54, 1.807) is 0 Å². The van der Waals surface area contributed by atoms with Crippen LogP contribution >= 0.6 is 31.9 Å². The molecule has 0 heterocycles. The lowest BCUT2D eigenvalue weighted by molar-refractivity contribution is 0.102. The van der Waals surface area contributed by atoms with E-state index in [-0.39, 0.29) is 5.91 Å². The van der Waals surface area contributed by atoms with Crippen molar-refractivity contribution in [1.82, 2.24) is 0 Å². The predicted octanol–water partition coefficient (Wildman–Crippen LogP) is 4.60. The molecule has 0 fully saturated rings. The molecule has 0 aliphatic rings. The number of nitrogens with one attached hydrogen (secondary N) is 1. The molecule has 0 unspecified atom stereocenters. The summed E-state index contributed by atoms with van der Waals surface area (Å²) >= 11 is 6.75. The average molecular weight is 369 g/mol. The number of alkyl halides is 1. The van der Waals surface area contributed by atoms with Gasteiger partial charge in [-0.1, -0.05) is 50.1 Å². The van der Waals surface area contributed by atoms with Crippen LogP contribution in [-0.2, 0) is 5.33 Å². The van der Waals surface area contributed by atoms with Gasteiger partial charge < -0.3 is 5.32 Å². The molecule has 0 saturated carbocycles. The maximum atomic E-state index is 12.0. The third-order valence-corrected chi connectivity index (χ3v) is 3.59. The number of rotatable bonds is 3. The highest BCUT2D eigenvalue weighted by molar-refractivity contribution is 9.10. The second-order valence-corrected chi connectivity index (χ2v) is 5.27. The van der Waals surface area contributed by atoms with Crippen molar-refractivity contribution in [2.45, 2.75) is 5.33 Å². The van der Waals surface area contributed by atoms with Crippen LogP contribution in [0.3, 0.4) is 0 Å². The second-order valence-electron chi connectivity index (χ2n) is 3.80. The van der Waals surface area contributed by atoms with Gasteiger partial charge in [0, 0.05) is 21.1 Å². The van der Waals surface area contributed by atoms with E-state index in [1.165, 1.54) is 0 Å². The first-order valence-corrected chi connectivity index (χ1v) is 7.32. The van der Waals surface area contributed by atoms with Crippen molar-refractivity contribution < 1.29 is 4.79 Å².